The van der Waals surface area contributed by atoms with Gasteiger partial charge >= 0.3 is 12.1 Å². The normalized spacial score (nSPS) is 12.8. The Balaban J connectivity index is 2.97. The van der Waals surface area contributed by atoms with Crippen LogP contribution < -0.4 is 0 Å². The van der Waals surface area contributed by atoms with Gasteiger partial charge in [0.15, 0.2) is 0 Å². The zero-order valence-electron chi connectivity index (χ0n) is 11.6. The van der Waals surface area contributed by atoms with Crippen molar-refractivity contribution in [3.05, 3.63) is 35.4 Å². The van der Waals surface area contributed by atoms with Gasteiger partial charge in [-0.05, 0) is 25.0 Å². The Morgan fingerprint density at radius 2 is 1.86 bits per heavy atom. The van der Waals surface area contributed by atoms with Crippen LogP contribution in [0.1, 0.15) is 29.3 Å². The monoisotopic (exact) mass is 303 g/mol. The predicted octanol–water partition coefficient (Wildman–Crippen LogP) is 2.73. The Morgan fingerprint density at radius 3 is 2.38 bits per heavy atom. The molecule has 0 fully saturated rings. The van der Waals surface area contributed by atoms with E-state index in [0.717, 1.165) is 4.90 Å². The van der Waals surface area contributed by atoms with Crippen molar-refractivity contribution < 1.29 is 27.9 Å². The van der Waals surface area contributed by atoms with Crippen LogP contribution in [0.25, 0.3) is 0 Å². The highest BCUT2D eigenvalue weighted by Crippen LogP contribution is 2.24. The number of nitrogens with zero attached hydrogens (tertiary/aromatic N) is 1. The minimum absolute atomic E-state index is 0.0948. The molecule has 4 nitrogen and oxygen atoms in total. The SMILES string of the molecule is CC(C(=O)O)N(C)C(=O)c1ccccc1CCC(F)(F)F. The van der Waals surface area contributed by atoms with E-state index in [4.69, 9.17) is 5.11 Å². The maximum atomic E-state index is 12.3. The van der Waals surface area contributed by atoms with Crippen LogP contribution in [0.4, 0.5) is 13.2 Å². The summed E-state index contributed by atoms with van der Waals surface area (Å²) in [5.41, 5.74) is 0.349. The molecule has 1 unspecified atom stereocenters. The zero-order chi connectivity index (χ0) is 16.2. The molecule has 116 valence electrons. The highest BCUT2D eigenvalue weighted by atomic mass is 19.4. The van der Waals surface area contributed by atoms with Crippen molar-refractivity contribution in [1.29, 1.82) is 0 Å². The van der Waals surface area contributed by atoms with E-state index in [0.29, 0.717) is 0 Å². The summed E-state index contributed by atoms with van der Waals surface area (Å²) in [5.74, 6) is -1.79. The Kier molecular flexibility index (Phi) is 5.34. The number of carbonyl (C=O) groups excluding carboxylic acids is 1. The summed E-state index contributed by atoms with van der Waals surface area (Å²) in [7, 11) is 1.31. The van der Waals surface area contributed by atoms with Crippen LogP contribution in [0, 0.1) is 0 Å². The van der Waals surface area contributed by atoms with Gasteiger partial charge < -0.3 is 10.0 Å². The number of carbonyl (C=O) groups is 2. The molecule has 0 aromatic heterocycles. The second kappa shape index (κ2) is 6.60. The molecule has 1 N–H and O–H groups in total. The van der Waals surface area contributed by atoms with Crippen LogP contribution in [0.3, 0.4) is 0 Å². The minimum Gasteiger partial charge on any atom is -0.480 e. The predicted molar refractivity (Wildman–Crippen MR) is 70.0 cm³/mol. The lowest BCUT2D eigenvalue weighted by atomic mass is 10.0. The fourth-order valence-electron chi connectivity index (χ4n) is 1.75. The summed E-state index contributed by atoms with van der Waals surface area (Å²) in [4.78, 5) is 24.1. The molecule has 1 aromatic carbocycles. The van der Waals surface area contributed by atoms with Crippen molar-refractivity contribution in [2.75, 3.05) is 7.05 Å². The number of aryl methyl sites for hydroxylation is 1. The average molecular weight is 303 g/mol. The number of carboxylic acids is 1. The molecule has 1 rings (SSSR count). The fourth-order valence-corrected chi connectivity index (χ4v) is 1.75. The van der Waals surface area contributed by atoms with E-state index in [-0.39, 0.29) is 17.5 Å². The van der Waals surface area contributed by atoms with Gasteiger partial charge in [-0.1, -0.05) is 18.2 Å². The van der Waals surface area contributed by atoms with Gasteiger partial charge in [-0.15, -0.1) is 0 Å². The Bertz CT molecular complexity index is 528. The van der Waals surface area contributed by atoms with Crippen LogP contribution in [0.15, 0.2) is 24.3 Å². The molecule has 1 amide bonds. The highest BCUT2D eigenvalue weighted by molar-refractivity contribution is 5.97. The van der Waals surface area contributed by atoms with Gasteiger partial charge in [0.1, 0.15) is 6.04 Å². The van der Waals surface area contributed by atoms with Crippen molar-refractivity contribution in [3.8, 4) is 0 Å². The lowest BCUT2D eigenvalue weighted by Gasteiger charge is -2.23. The van der Waals surface area contributed by atoms with E-state index in [1.807, 2.05) is 0 Å². The van der Waals surface area contributed by atoms with Crippen LogP contribution in [-0.2, 0) is 11.2 Å². The van der Waals surface area contributed by atoms with Gasteiger partial charge in [0.2, 0.25) is 0 Å². The number of alkyl halides is 3. The molecular weight excluding hydrogens is 287 g/mol. The maximum absolute atomic E-state index is 12.3. The summed E-state index contributed by atoms with van der Waals surface area (Å²) >= 11 is 0. The standard InChI is InChI=1S/C14H16F3NO3/c1-9(13(20)21)18(2)12(19)11-6-4-3-5-10(11)7-8-14(15,16)17/h3-6,9H,7-8H2,1-2H3,(H,20,21). The summed E-state index contributed by atoms with van der Waals surface area (Å²) in [6.45, 7) is 1.33. The molecule has 0 heterocycles. The van der Waals surface area contributed by atoms with Crippen molar-refractivity contribution in [1.82, 2.24) is 4.90 Å². The quantitative estimate of drug-likeness (QED) is 0.910. The van der Waals surface area contributed by atoms with Crippen molar-refractivity contribution in [3.63, 3.8) is 0 Å². The number of benzene rings is 1. The third kappa shape index (κ3) is 4.77. The molecule has 1 atom stereocenters. The minimum atomic E-state index is -4.31. The summed E-state index contributed by atoms with van der Waals surface area (Å²) < 4.78 is 36.9. The average Bonchev–Trinajstić information content (AvgIpc) is 2.42. The lowest BCUT2D eigenvalue weighted by molar-refractivity contribution is -0.141. The summed E-state index contributed by atoms with van der Waals surface area (Å²) in [5, 5.41) is 8.88. The van der Waals surface area contributed by atoms with E-state index in [1.165, 1.54) is 32.2 Å². The van der Waals surface area contributed by atoms with Crippen molar-refractivity contribution in [2.24, 2.45) is 0 Å². The molecule has 0 spiro atoms. The molecule has 0 aliphatic heterocycles. The smallest absolute Gasteiger partial charge is 0.389 e. The van der Waals surface area contributed by atoms with Crippen molar-refractivity contribution >= 4 is 11.9 Å². The number of amides is 1. The van der Waals surface area contributed by atoms with Crippen LogP contribution >= 0.6 is 0 Å². The third-order valence-corrected chi connectivity index (χ3v) is 3.18. The summed E-state index contributed by atoms with van der Waals surface area (Å²) in [6, 6.07) is 4.86. The third-order valence-electron chi connectivity index (χ3n) is 3.18. The molecular formula is C14H16F3NO3. The van der Waals surface area contributed by atoms with E-state index >= 15 is 0 Å². The number of halogens is 3. The van der Waals surface area contributed by atoms with Gasteiger partial charge in [-0.3, -0.25) is 4.79 Å². The summed E-state index contributed by atoms with van der Waals surface area (Å²) in [6.07, 6.45) is -5.66. The number of rotatable bonds is 5. The number of aliphatic carboxylic acids is 1. The molecule has 0 saturated carbocycles. The van der Waals surface area contributed by atoms with Gasteiger partial charge in [0.25, 0.3) is 5.91 Å². The van der Waals surface area contributed by atoms with Gasteiger partial charge in [0.05, 0.1) is 0 Å². The van der Waals surface area contributed by atoms with Crippen molar-refractivity contribution in [2.45, 2.75) is 32.0 Å². The van der Waals surface area contributed by atoms with Gasteiger partial charge in [0, 0.05) is 19.0 Å². The number of hydrogen-bond donors (Lipinski definition) is 1. The van der Waals surface area contributed by atoms with Crippen LogP contribution in [0.5, 0.6) is 0 Å². The lowest BCUT2D eigenvalue weighted by Crippen LogP contribution is -2.40. The molecule has 0 aliphatic rings. The Morgan fingerprint density at radius 1 is 1.29 bits per heavy atom. The first kappa shape index (κ1) is 17.0. The van der Waals surface area contributed by atoms with Crippen LogP contribution in [-0.4, -0.2) is 41.1 Å². The van der Waals surface area contributed by atoms with Crippen LogP contribution in [0.2, 0.25) is 0 Å². The Hall–Kier alpha value is -2.05. The fraction of sp³-hybridized carbons (Fsp3) is 0.429. The van der Waals surface area contributed by atoms with E-state index in [1.54, 1.807) is 6.07 Å². The first-order valence-electron chi connectivity index (χ1n) is 6.28. The molecule has 21 heavy (non-hydrogen) atoms. The number of hydrogen-bond acceptors (Lipinski definition) is 2. The molecule has 1 aromatic rings. The molecule has 0 aliphatic carbocycles. The van der Waals surface area contributed by atoms with E-state index < -0.39 is 30.5 Å². The highest BCUT2D eigenvalue weighted by Gasteiger charge is 2.28. The largest absolute Gasteiger partial charge is 0.480 e. The van der Waals surface area contributed by atoms with Gasteiger partial charge in [-0.2, -0.15) is 13.2 Å². The maximum Gasteiger partial charge on any atom is 0.389 e. The number of carboxylic acid groups (broad SMARTS) is 1. The van der Waals surface area contributed by atoms with Gasteiger partial charge in [-0.25, -0.2) is 4.79 Å². The zero-order valence-corrected chi connectivity index (χ0v) is 11.6. The van der Waals surface area contributed by atoms with E-state index in [9.17, 15) is 22.8 Å². The molecule has 0 saturated heterocycles. The van der Waals surface area contributed by atoms with E-state index in [2.05, 4.69) is 0 Å². The molecule has 0 radical (unpaired) electrons. The molecule has 0 bridgehead atoms. The second-order valence-corrected chi connectivity index (χ2v) is 4.70. The number of likely N-dealkylation sites (N-methyl/N-ethyl adjacent to an activating group) is 1. The second-order valence-electron chi connectivity index (χ2n) is 4.70. The first-order valence-corrected chi connectivity index (χ1v) is 6.28. The topological polar surface area (TPSA) is 57.6 Å². The Labute approximate surface area is 120 Å². The molecule has 7 heteroatoms. The first-order chi connectivity index (χ1) is 9.63.